The van der Waals surface area contributed by atoms with Gasteiger partial charge in [-0.1, -0.05) is 6.92 Å². The van der Waals surface area contributed by atoms with Crippen LogP contribution in [0.3, 0.4) is 0 Å². The van der Waals surface area contributed by atoms with Crippen molar-refractivity contribution in [1.82, 2.24) is 9.88 Å². The molecule has 1 aromatic rings. The Morgan fingerprint density at radius 2 is 2.44 bits per heavy atom. The second-order valence-electron chi connectivity index (χ2n) is 4.48. The van der Waals surface area contributed by atoms with Gasteiger partial charge in [-0.2, -0.15) is 0 Å². The molecule has 2 atom stereocenters. The number of thiazole rings is 1. The molecular weight excluding hydrogens is 290 g/mol. The highest BCUT2D eigenvalue weighted by Gasteiger charge is 2.41. The van der Waals surface area contributed by atoms with Gasteiger partial charge in [0.05, 0.1) is 16.1 Å². The van der Waals surface area contributed by atoms with Crippen LogP contribution in [0.25, 0.3) is 0 Å². The minimum Gasteiger partial charge on any atom is -0.330 e. The first-order valence-electron chi connectivity index (χ1n) is 5.05. The predicted molar refractivity (Wildman–Crippen MR) is 67.1 cm³/mol. The van der Waals surface area contributed by atoms with Gasteiger partial charge in [0.25, 0.3) is 0 Å². The average molecular weight is 304 g/mol. The maximum atomic E-state index is 11.8. The maximum Gasteiger partial charge on any atom is 0.224 e. The van der Waals surface area contributed by atoms with E-state index in [1.165, 1.54) is 0 Å². The average Bonchev–Trinajstić information content (AvgIpc) is 2.62. The molecule has 88 valence electrons. The van der Waals surface area contributed by atoms with Gasteiger partial charge in [0.1, 0.15) is 5.01 Å². The highest BCUT2D eigenvalue weighted by Crippen LogP contribution is 2.39. The molecule has 2 rings (SSSR count). The minimum atomic E-state index is -0.223. The summed E-state index contributed by atoms with van der Waals surface area (Å²) in [6.45, 7) is 2.06. The molecule has 4 nitrogen and oxygen atoms in total. The van der Waals surface area contributed by atoms with Gasteiger partial charge in [-0.15, -0.1) is 11.3 Å². The summed E-state index contributed by atoms with van der Waals surface area (Å²) in [5.41, 5.74) is 5.74. The molecule has 0 aromatic carbocycles. The van der Waals surface area contributed by atoms with Crippen molar-refractivity contribution in [3.8, 4) is 0 Å². The Morgan fingerprint density at radius 3 is 2.94 bits per heavy atom. The molecule has 6 heteroatoms. The molecule has 0 saturated carbocycles. The number of nitrogens with two attached hydrogens (primary N) is 1. The van der Waals surface area contributed by atoms with Crippen LogP contribution in [0.1, 0.15) is 24.8 Å². The quantitative estimate of drug-likeness (QED) is 0.859. The lowest BCUT2D eigenvalue weighted by molar-refractivity contribution is -0.137. The number of carbonyl (C=O) groups excluding carboxylic acids is 1. The summed E-state index contributed by atoms with van der Waals surface area (Å²) in [7, 11) is 1.75. The standard InChI is InChI=1S/C10H14BrN3OS/c1-10(9-13-5-6(11)16-9)3-7(12)14(2)8(15)4-10/h5,7H,3-4,12H2,1-2H3/t7?,10-/m0/s1. The van der Waals surface area contributed by atoms with Crippen LogP contribution in [0.2, 0.25) is 0 Å². The summed E-state index contributed by atoms with van der Waals surface area (Å²) < 4.78 is 0.990. The summed E-state index contributed by atoms with van der Waals surface area (Å²) in [5.74, 6) is 0.0903. The van der Waals surface area contributed by atoms with E-state index in [0.717, 1.165) is 15.2 Å². The first-order chi connectivity index (χ1) is 7.42. The van der Waals surface area contributed by atoms with Gasteiger partial charge >= 0.3 is 0 Å². The molecule has 2 heterocycles. The van der Waals surface area contributed by atoms with Gasteiger partial charge in [0.15, 0.2) is 0 Å². The van der Waals surface area contributed by atoms with Crippen molar-refractivity contribution in [2.75, 3.05) is 7.05 Å². The molecule has 1 amide bonds. The lowest BCUT2D eigenvalue weighted by Crippen LogP contribution is -2.53. The zero-order chi connectivity index (χ0) is 11.9. The van der Waals surface area contributed by atoms with E-state index in [2.05, 4.69) is 27.8 Å². The lowest BCUT2D eigenvalue weighted by atomic mass is 9.79. The number of nitrogens with zero attached hydrogens (tertiary/aromatic N) is 2. The van der Waals surface area contributed by atoms with Gasteiger partial charge in [-0.25, -0.2) is 4.98 Å². The van der Waals surface area contributed by atoms with Gasteiger partial charge in [0, 0.05) is 18.9 Å². The molecule has 1 fully saturated rings. The molecule has 16 heavy (non-hydrogen) atoms. The fourth-order valence-electron chi connectivity index (χ4n) is 2.01. The van der Waals surface area contributed by atoms with Crippen LogP contribution in [0.4, 0.5) is 0 Å². The van der Waals surface area contributed by atoms with Crippen LogP contribution in [-0.4, -0.2) is 29.0 Å². The SMILES string of the molecule is CN1C(=O)C[C@@](C)(c2ncc(Br)s2)CC1N. The summed E-state index contributed by atoms with van der Waals surface area (Å²) in [6, 6.07) is 0. The van der Waals surface area contributed by atoms with Crippen LogP contribution in [0.5, 0.6) is 0 Å². The minimum absolute atomic E-state index is 0.0903. The molecule has 1 aliphatic rings. The molecular formula is C10H14BrN3OS. The third-order valence-corrected chi connectivity index (χ3v) is 4.87. The largest absolute Gasteiger partial charge is 0.330 e. The Kier molecular flexibility index (Phi) is 3.07. The molecule has 2 N–H and O–H groups in total. The van der Waals surface area contributed by atoms with Crippen molar-refractivity contribution in [2.24, 2.45) is 5.73 Å². The van der Waals surface area contributed by atoms with Gasteiger partial charge in [-0.3, -0.25) is 4.79 Å². The van der Waals surface area contributed by atoms with E-state index >= 15 is 0 Å². The first-order valence-corrected chi connectivity index (χ1v) is 6.66. The Balaban J connectivity index is 2.29. The number of halogens is 1. The van der Waals surface area contributed by atoms with Crippen molar-refractivity contribution >= 4 is 33.2 Å². The number of amides is 1. The molecule has 1 aliphatic heterocycles. The number of carbonyl (C=O) groups is 1. The Labute approximate surface area is 107 Å². The monoisotopic (exact) mass is 303 g/mol. The second-order valence-corrected chi connectivity index (χ2v) is 6.89. The highest BCUT2D eigenvalue weighted by atomic mass is 79.9. The van der Waals surface area contributed by atoms with Gasteiger partial charge < -0.3 is 10.6 Å². The normalized spacial score (nSPS) is 30.9. The zero-order valence-electron chi connectivity index (χ0n) is 9.24. The molecule has 0 aliphatic carbocycles. The number of rotatable bonds is 1. The van der Waals surface area contributed by atoms with E-state index in [1.54, 1.807) is 29.5 Å². The second kappa shape index (κ2) is 4.09. The van der Waals surface area contributed by atoms with E-state index in [-0.39, 0.29) is 17.5 Å². The van der Waals surface area contributed by atoms with Gasteiger partial charge in [-0.05, 0) is 22.4 Å². The van der Waals surface area contributed by atoms with Crippen molar-refractivity contribution in [3.05, 3.63) is 15.0 Å². The fourth-order valence-corrected chi connectivity index (χ4v) is 3.37. The van der Waals surface area contributed by atoms with E-state index in [9.17, 15) is 4.79 Å². The molecule has 0 spiro atoms. The Morgan fingerprint density at radius 1 is 1.75 bits per heavy atom. The zero-order valence-corrected chi connectivity index (χ0v) is 11.6. The van der Waals surface area contributed by atoms with Crippen LogP contribution >= 0.6 is 27.3 Å². The number of hydrogen-bond donors (Lipinski definition) is 1. The summed E-state index contributed by atoms with van der Waals surface area (Å²) in [6.07, 6.45) is 2.81. The maximum absolute atomic E-state index is 11.8. The van der Waals surface area contributed by atoms with Crippen molar-refractivity contribution in [3.63, 3.8) is 0 Å². The number of hydrogen-bond acceptors (Lipinski definition) is 4. The smallest absolute Gasteiger partial charge is 0.224 e. The Hall–Kier alpha value is -0.460. The van der Waals surface area contributed by atoms with Crippen LogP contribution < -0.4 is 5.73 Å². The summed E-state index contributed by atoms with van der Waals surface area (Å²) >= 11 is 4.97. The predicted octanol–water partition coefficient (Wildman–Crippen LogP) is 1.70. The van der Waals surface area contributed by atoms with E-state index < -0.39 is 0 Å². The lowest BCUT2D eigenvalue weighted by Gasteiger charge is -2.40. The van der Waals surface area contributed by atoms with Crippen LogP contribution in [-0.2, 0) is 10.2 Å². The van der Waals surface area contributed by atoms with E-state index in [1.807, 2.05) is 0 Å². The Bertz CT molecular complexity index is 422. The van der Waals surface area contributed by atoms with Crippen LogP contribution in [0.15, 0.2) is 9.98 Å². The fraction of sp³-hybridized carbons (Fsp3) is 0.600. The van der Waals surface area contributed by atoms with E-state index in [4.69, 9.17) is 5.73 Å². The van der Waals surface area contributed by atoms with E-state index in [0.29, 0.717) is 6.42 Å². The summed E-state index contributed by atoms with van der Waals surface area (Å²) in [5, 5.41) is 0.983. The van der Waals surface area contributed by atoms with Gasteiger partial charge in [0.2, 0.25) is 5.91 Å². The van der Waals surface area contributed by atoms with Crippen molar-refractivity contribution in [2.45, 2.75) is 31.3 Å². The molecule has 1 unspecified atom stereocenters. The molecule has 1 aromatic heterocycles. The molecule has 1 saturated heterocycles. The topological polar surface area (TPSA) is 59.2 Å². The third kappa shape index (κ3) is 2.01. The number of likely N-dealkylation sites (tertiary alicyclic amines) is 1. The third-order valence-electron chi connectivity index (χ3n) is 3.09. The number of aromatic nitrogens is 1. The number of piperidine rings is 1. The molecule has 0 bridgehead atoms. The van der Waals surface area contributed by atoms with Crippen molar-refractivity contribution in [1.29, 1.82) is 0 Å². The van der Waals surface area contributed by atoms with Crippen LogP contribution in [0, 0.1) is 0 Å². The van der Waals surface area contributed by atoms with Crippen molar-refractivity contribution < 1.29 is 4.79 Å². The first kappa shape index (κ1) is 12.0. The molecule has 0 radical (unpaired) electrons. The highest BCUT2D eigenvalue weighted by molar-refractivity contribution is 9.11. The summed E-state index contributed by atoms with van der Waals surface area (Å²) in [4.78, 5) is 17.8.